The smallest absolute Gasteiger partial charge is 0.307 e. The topological polar surface area (TPSA) is 106 Å². The molecular formula is C12H13N5O3. The van der Waals surface area contributed by atoms with Crippen LogP contribution in [0, 0.1) is 10.1 Å². The average Bonchev–Trinajstić information content (AvgIpc) is 3.07. The van der Waals surface area contributed by atoms with Crippen molar-refractivity contribution in [3.05, 3.63) is 50.7 Å². The van der Waals surface area contributed by atoms with Gasteiger partial charge in [-0.05, 0) is 25.5 Å². The summed E-state index contributed by atoms with van der Waals surface area (Å²) in [6.07, 6.45) is 1.90. The molecule has 2 heterocycles. The monoisotopic (exact) mass is 275 g/mol. The van der Waals surface area contributed by atoms with Gasteiger partial charge in [-0.3, -0.25) is 10.1 Å². The number of aromatic amines is 1. The third kappa shape index (κ3) is 2.10. The molecule has 8 heteroatoms. The number of non-ortho nitro benzene ring substituents is 1. The predicted octanol–water partition coefficient (Wildman–Crippen LogP) is 0.893. The van der Waals surface area contributed by atoms with Crippen LogP contribution in [0.4, 0.5) is 5.69 Å². The van der Waals surface area contributed by atoms with Gasteiger partial charge in [0.1, 0.15) is 0 Å². The Bertz CT molecular complexity index is 699. The molecule has 1 saturated heterocycles. The zero-order valence-corrected chi connectivity index (χ0v) is 10.6. The summed E-state index contributed by atoms with van der Waals surface area (Å²) in [6, 6.07) is 5.96. The second-order valence-electron chi connectivity index (χ2n) is 4.65. The first kappa shape index (κ1) is 12.5. The number of nitrogens with zero attached hydrogens (tertiary/aromatic N) is 3. The van der Waals surface area contributed by atoms with Gasteiger partial charge in [-0.25, -0.2) is 14.5 Å². The van der Waals surface area contributed by atoms with Crippen LogP contribution in [0.2, 0.25) is 0 Å². The summed E-state index contributed by atoms with van der Waals surface area (Å²) in [7, 11) is 0. The quantitative estimate of drug-likeness (QED) is 0.639. The molecule has 3 rings (SSSR count). The zero-order chi connectivity index (χ0) is 14.1. The van der Waals surface area contributed by atoms with Gasteiger partial charge in [0.05, 0.1) is 16.7 Å². The number of nitrogens with one attached hydrogen (secondary N) is 2. The molecule has 0 saturated carbocycles. The van der Waals surface area contributed by atoms with Crippen LogP contribution >= 0.6 is 0 Å². The number of rotatable bonds is 3. The van der Waals surface area contributed by atoms with Crippen LogP contribution in [0.15, 0.2) is 29.1 Å². The maximum Gasteiger partial charge on any atom is 0.347 e. The molecule has 1 unspecified atom stereocenters. The predicted molar refractivity (Wildman–Crippen MR) is 70.8 cm³/mol. The summed E-state index contributed by atoms with van der Waals surface area (Å²) in [6.45, 7) is 0.876. The number of benzene rings is 1. The maximum absolute atomic E-state index is 11.9. The standard InChI is InChI=1S/C12H13N5O3/c18-12-15-14-11(10-5-2-6-13-10)16(12)8-3-1-4-9(7-8)17(19)20/h1,3-4,7,10,13H,2,5-6H2,(H,15,18). The van der Waals surface area contributed by atoms with Crippen LogP contribution in [-0.4, -0.2) is 26.2 Å². The van der Waals surface area contributed by atoms with Gasteiger partial charge in [-0.15, -0.1) is 0 Å². The number of nitro benzene ring substituents is 1. The van der Waals surface area contributed by atoms with E-state index in [2.05, 4.69) is 15.5 Å². The lowest BCUT2D eigenvalue weighted by Gasteiger charge is -2.11. The van der Waals surface area contributed by atoms with Crippen LogP contribution in [0.5, 0.6) is 0 Å². The Labute approximate surface area is 113 Å². The molecule has 1 aromatic carbocycles. The van der Waals surface area contributed by atoms with Crippen molar-refractivity contribution in [1.82, 2.24) is 20.1 Å². The van der Waals surface area contributed by atoms with E-state index in [1.54, 1.807) is 12.1 Å². The molecule has 2 N–H and O–H groups in total. The third-order valence-corrected chi connectivity index (χ3v) is 3.37. The first-order valence-corrected chi connectivity index (χ1v) is 6.32. The van der Waals surface area contributed by atoms with E-state index in [-0.39, 0.29) is 11.7 Å². The number of hydrogen-bond donors (Lipinski definition) is 2. The minimum atomic E-state index is -0.484. The maximum atomic E-state index is 11.9. The molecule has 20 heavy (non-hydrogen) atoms. The molecule has 0 aliphatic carbocycles. The highest BCUT2D eigenvalue weighted by Gasteiger charge is 2.24. The highest BCUT2D eigenvalue weighted by atomic mass is 16.6. The van der Waals surface area contributed by atoms with Gasteiger partial charge in [0.15, 0.2) is 5.82 Å². The Hall–Kier alpha value is -2.48. The molecule has 2 aromatic rings. The number of H-pyrrole nitrogens is 1. The molecule has 1 aliphatic heterocycles. The van der Waals surface area contributed by atoms with Crippen molar-refractivity contribution in [3.63, 3.8) is 0 Å². The first-order chi connectivity index (χ1) is 9.66. The van der Waals surface area contributed by atoms with Crippen molar-refractivity contribution in [2.45, 2.75) is 18.9 Å². The zero-order valence-electron chi connectivity index (χ0n) is 10.6. The highest BCUT2D eigenvalue weighted by molar-refractivity contribution is 5.43. The van der Waals surface area contributed by atoms with E-state index in [9.17, 15) is 14.9 Å². The first-order valence-electron chi connectivity index (χ1n) is 6.32. The lowest BCUT2D eigenvalue weighted by atomic mass is 10.2. The van der Waals surface area contributed by atoms with E-state index in [1.807, 2.05) is 0 Å². The SMILES string of the molecule is O=c1[nH]nc(C2CCCN2)n1-c1cccc([N+](=O)[O-])c1. The molecular weight excluding hydrogens is 262 g/mol. The molecule has 104 valence electrons. The van der Waals surface area contributed by atoms with E-state index < -0.39 is 10.6 Å². The average molecular weight is 275 g/mol. The summed E-state index contributed by atoms with van der Waals surface area (Å²) in [5.41, 5.74) is -0.00298. The Balaban J connectivity index is 2.09. The minimum absolute atomic E-state index is 0.00628. The van der Waals surface area contributed by atoms with Gasteiger partial charge in [-0.2, -0.15) is 5.10 Å². The minimum Gasteiger partial charge on any atom is -0.307 e. The summed E-state index contributed by atoms with van der Waals surface area (Å²) in [4.78, 5) is 22.3. The van der Waals surface area contributed by atoms with E-state index in [4.69, 9.17) is 0 Å². The molecule has 0 bridgehead atoms. The van der Waals surface area contributed by atoms with Gasteiger partial charge in [0.2, 0.25) is 0 Å². The number of nitro groups is 1. The molecule has 1 atom stereocenters. The van der Waals surface area contributed by atoms with Crippen molar-refractivity contribution in [2.75, 3.05) is 6.54 Å². The molecule has 0 spiro atoms. The van der Waals surface area contributed by atoms with Crippen molar-refractivity contribution in [1.29, 1.82) is 0 Å². The Kier molecular flexibility index (Phi) is 3.07. The fourth-order valence-corrected chi connectivity index (χ4v) is 2.44. The summed E-state index contributed by atoms with van der Waals surface area (Å²) < 4.78 is 1.38. The summed E-state index contributed by atoms with van der Waals surface area (Å²) in [5.74, 6) is 0.563. The normalized spacial score (nSPS) is 18.3. The molecule has 0 amide bonds. The van der Waals surface area contributed by atoms with Crippen LogP contribution in [-0.2, 0) is 0 Å². The number of aromatic nitrogens is 3. The lowest BCUT2D eigenvalue weighted by molar-refractivity contribution is -0.384. The molecule has 8 nitrogen and oxygen atoms in total. The van der Waals surface area contributed by atoms with Crippen molar-refractivity contribution in [2.24, 2.45) is 0 Å². The van der Waals surface area contributed by atoms with Crippen LogP contribution in [0.3, 0.4) is 0 Å². The van der Waals surface area contributed by atoms with Crippen molar-refractivity contribution < 1.29 is 4.92 Å². The van der Waals surface area contributed by atoms with Crippen molar-refractivity contribution in [3.8, 4) is 5.69 Å². The van der Waals surface area contributed by atoms with Crippen LogP contribution in [0.1, 0.15) is 24.7 Å². The van der Waals surface area contributed by atoms with Gasteiger partial charge >= 0.3 is 5.69 Å². The van der Waals surface area contributed by atoms with E-state index >= 15 is 0 Å². The van der Waals surface area contributed by atoms with E-state index in [0.29, 0.717) is 11.5 Å². The van der Waals surface area contributed by atoms with Gasteiger partial charge in [0.25, 0.3) is 5.69 Å². The fraction of sp³-hybridized carbons (Fsp3) is 0.333. The largest absolute Gasteiger partial charge is 0.347 e. The third-order valence-electron chi connectivity index (χ3n) is 3.37. The summed E-state index contributed by atoms with van der Waals surface area (Å²) >= 11 is 0. The highest BCUT2D eigenvalue weighted by Crippen LogP contribution is 2.23. The number of hydrogen-bond acceptors (Lipinski definition) is 5. The summed E-state index contributed by atoms with van der Waals surface area (Å²) in [5, 5.41) is 20.5. The van der Waals surface area contributed by atoms with Gasteiger partial charge < -0.3 is 5.32 Å². The van der Waals surface area contributed by atoms with Gasteiger partial charge in [-0.1, -0.05) is 6.07 Å². The Morgan fingerprint density at radius 3 is 3.00 bits per heavy atom. The van der Waals surface area contributed by atoms with Crippen LogP contribution in [0.25, 0.3) is 5.69 Å². The van der Waals surface area contributed by atoms with Crippen LogP contribution < -0.4 is 11.0 Å². The molecule has 0 radical (unpaired) electrons. The molecule has 1 aliphatic rings. The lowest BCUT2D eigenvalue weighted by Crippen LogP contribution is -2.22. The van der Waals surface area contributed by atoms with Gasteiger partial charge in [0, 0.05) is 12.1 Å². The Morgan fingerprint density at radius 1 is 1.45 bits per heavy atom. The fourth-order valence-electron chi connectivity index (χ4n) is 2.44. The van der Waals surface area contributed by atoms with E-state index in [1.165, 1.54) is 16.7 Å². The second kappa shape index (κ2) is 4.89. The molecule has 1 fully saturated rings. The second-order valence-corrected chi connectivity index (χ2v) is 4.65. The van der Waals surface area contributed by atoms with Crippen molar-refractivity contribution >= 4 is 5.69 Å². The Morgan fingerprint density at radius 2 is 2.30 bits per heavy atom. The molecule has 1 aromatic heterocycles. The van der Waals surface area contributed by atoms with E-state index in [0.717, 1.165) is 19.4 Å².